The number of halogens is 3. The lowest BCUT2D eigenvalue weighted by Crippen LogP contribution is -2.35. The van der Waals surface area contributed by atoms with Crippen molar-refractivity contribution in [1.29, 1.82) is 0 Å². The Labute approximate surface area is 134 Å². The number of nitrogens with zero attached hydrogens (tertiary/aromatic N) is 1. The van der Waals surface area contributed by atoms with E-state index in [0.29, 0.717) is 11.3 Å². The first kappa shape index (κ1) is 19.1. The van der Waals surface area contributed by atoms with Crippen LogP contribution >= 0.6 is 0 Å². The maximum atomic E-state index is 12.5. The van der Waals surface area contributed by atoms with Crippen LogP contribution in [0.2, 0.25) is 0 Å². The summed E-state index contributed by atoms with van der Waals surface area (Å²) in [6.07, 6.45) is -1.94. The number of rotatable bonds is 5. The fourth-order valence-electron chi connectivity index (χ4n) is 1.76. The topological polar surface area (TPSA) is 49.5 Å². The first-order chi connectivity index (χ1) is 10.4. The molecule has 0 aliphatic heterocycles. The molecule has 1 atom stereocenters. The molecule has 0 aromatic heterocycles. The summed E-state index contributed by atoms with van der Waals surface area (Å²) in [5.41, 5.74) is 5.65. The summed E-state index contributed by atoms with van der Waals surface area (Å²) in [5, 5.41) is 10.1. The summed E-state index contributed by atoms with van der Waals surface area (Å²) in [6, 6.07) is 4.60. The number of benzene rings is 1. The molecule has 0 radical (unpaired) electrons. The summed E-state index contributed by atoms with van der Waals surface area (Å²) in [6.45, 7) is 9.66. The molecular formula is C17H23F3N2O. The molecule has 0 heterocycles. The highest BCUT2D eigenvalue weighted by Crippen LogP contribution is 2.29. The van der Waals surface area contributed by atoms with Crippen LogP contribution < -0.4 is 5.73 Å². The molecule has 0 spiro atoms. The first-order valence-corrected chi connectivity index (χ1v) is 7.16. The van der Waals surface area contributed by atoms with Gasteiger partial charge in [0.25, 0.3) is 0 Å². The Morgan fingerprint density at radius 2 is 1.78 bits per heavy atom. The van der Waals surface area contributed by atoms with Gasteiger partial charge in [-0.2, -0.15) is 13.2 Å². The van der Waals surface area contributed by atoms with Crippen LogP contribution in [0.3, 0.4) is 0 Å². The number of aliphatic hydroxyl groups excluding tert-OH is 1. The van der Waals surface area contributed by atoms with Crippen molar-refractivity contribution in [3.63, 3.8) is 0 Å². The van der Waals surface area contributed by atoms with Crippen LogP contribution in [0.5, 0.6) is 0 Å². The van der Waals surface area contributed by atoms with Gasteiger partial charge in [0.2, 0.25) is 0 Å². The van der Waals surface area contributed by atoms with Crippen LogP contribution in [0.4, 0.5) is 13.2 Å². The predicted molar refractivity (Wildman–Crippen MR) is 86.0 cm³/mol. The van der Waals surface area contributed by atoms with Gasteiger partial charge >= 0.3 is 6.18 Å². The molecule has 1 rings (SSSR count). The van der Waals surface area contributed by atoms with Crippen LogP contribution in [-0.2, 0) is 6.18 Å². The Bertz CT molecular complexity index is 557. The average Bonchev–Trinajstić information content (AvgIpc) is 2.44. The van der Waals surface area contributed by atoms with E-state index in [-0.39, 0.29) is 12.0 Å². The SMILES string of the molecule is C=CN(/C=C(\N)c1ccc(C(F)(F)F)cc1)C[C@@H](O)C(C)(C)C. The maximum absolute atomic E-state index is 12.5. The summed E-state index contributed by atoms with van der Waals surface area (Å²) < 4.78 is 37.6. The standard InChI is InChI=1S/C17H23F3N2O/c1-5-22(11-15(23)16(2,3)4)10-14(21)12-6-8-13(9-7-12)17(18,19)20/h5-10,15,23H,1,11,21H2,2-4H3/b14-10-/t15-/m1/s1. The molecule has 3 N–H and O–H groups in total. The lowest BCUT2D eigenvalue weighted by molar-refractivity contribution is -0.137. The Hall–Kier alpha value is -1.95. The van der Waals surface area contributed by atoms with Gasteiger partial charge in [0.15, 0.2) is 0 Å². The zero-order valence-electron chi connectivity index (χ0n) is 13.6. The Balaban J connectivity index is 2.91. The second kappa shape index (κ2) is 7.08. The fourth-order valence-corrected chi connectivity index (χ4v) is 1.76. The summed E-state index contributed by atoms with van der Waals surface area (Å²) in [5.74, 6) is 0. The maximum Gasteiger partial charge on any atom is 0.416 e. The van der Waals surface area contributed by atoms with E-state index in [1.165, 1.54) is 18.3 Å². The summed E-state index contributed by atoms with van der Waals surface area (Å²) in [7, 11) is 0. The lowest BCUT2D eigenvalue weighted by Gasteiger charge is -2.29. The van der Waals surface area contributed by atoms with Gasteiger partial charge in [-0.25, -0.2) is 0 Å². The average molecular weight is 328 g/mol. The molecular weight excluding hydrogens is 305 g/mol. The smallest absolute Gasteiger partial charge is 0.397 e. The summed E-state index contributed by atoms with van der Waals surface area (Å²) in [4.78, 5) is 1.61. The normalized spacial score (nSPS) is 14.5. The van der Waals surface area contributed by atoms with E-state index in [2.05, 4.69) is 6.58 Å². The molecule has 3 nitrogen and oxygen atoms in total. The van der Waals surface area contributed by atoms with Gasteiger partial charge in [0.05, 0.1) is 17.4 Å². The molecule has 1 aromatic carbocycles. The minimum atomic E-state index is -4.37. The van der Waals surface area contributed by atoms with Crippen molar-refractivity contribution in [1.82, 2.24) is 4.90 Å². The number of aliphatic hydroxyl groups is 1. The number of nitrogens with two attached hydrogens (primary N) is 1. The Kier molecular flexibility index (Phi) is 5.88. The third-order valence-corrected chi connectivity index (χ3v) is 3.47. The fraction of sp³-hybridized carbons (Fsp3) is 0.412. The van der Waals surface area contributed by atoms with E-state index >= 15 is 0 Å². The van der Waals surface area contributed by atoms with E-state index in [1.807, 2.05) is 20.8 Å². The molecule has 6 heteroatoms. The molecule has 0 unspecified atom stereocenters. The van der Waals surface area contributed by atoms with Crippen molar-refractivity contribution in [2.24, 2.45) is 11.1 Å². The first-order valence-electron chi connectivity index (χ1n) is 7.16. The monoisotopic (exact) mass is 328 g/mol. The molecule has 0 saturated heterocycles. The van der Waals surface area contributed by atoms with Crippen molar-refractivity contribution < 1.29 is 18.3 Å². The highest BCUT2D eigenvalue weighted by molar-refractivity contribution is 5.62. The van der Waals surface area contributed by atoms with Crippen LogP contribution in [0.1, 0.15) is 31.9 Å². The van der Waals surface area contributed by atoms with E-state index in [1.54, 1.807) is 11.1 Å². The molecule has 0 saturated carbocycles. The number of hydrogen-bond donors (Lipinski definition) is 2. The van der Waals surface area contributed by atoms with Crippen LogP contribution in [-0.4, -0.2) is 22.7 Å². The molecule has 1 aromatic rings. The highest BCUT2D eigenvalue weighted by Gasteiger charge is 2.30. The second-order valence-corrected chi connectivity index (χ2v) is 6.42. The van der Waals surface area contributed by atoms with Gasteiger partial charge in [-0.1, -0.05) is 39.5 Å². The third kappa shape index (κ3) is 5.63. The van der Waals surface area contributed by atoms with Crippen molar-refractivity contribution >= 4 is 5.70 Å². The van der Waals surface area contributed by atoms with Crippen molar-refractivity contribution in [3.8, 4) is 0 Å². The Morgan fingerprint density at radius 3 is 2.17 bits per heavy atom. The minimum Gasteiger partial charge on any atom is -0.397 e. The molecule has 0 aliphatic rings. The zero-order chi connectivity index (χ0) is 17.8. The van der Waals surface area contributed by atoms with E-state index in [9.17, 15) is 18.3 Å². The van der Waals surface area contributed by atoms with Gasteiger partial charge in [-0.05, 0) is 29.3 Å². The van der Waals surface area contributed by atoms with Crippen LogP contribution in [0.15, 0.2) is 43.2 Å². The minimum absolute atomic E-state index is 0.286. The van der Waals surface area contributed by atoms with Crippen LogP contribution in [0.25, 0.3) is 5.70 Å². The highest BCUT2D eigenvalue weighted by atomic mass is 19.4. The van der Waals surface area contributed by atoms with Gasteiger partial charge in [0, 0.05) is 12.7 Å². The Morgan fingerprint density at radius 1 is 1.26 bits per heavy atom. The van der Waals surface area contributed by atoms with E-state index in [4.69, 9.17) is 5.73 Å². The van der Waals surface area contributed by atoms with Crippen molar-refractivity contribution in [2.45, 2.75) is 33.1 Å². The molecule has 0 amide bonds. The zero-order valence-corrected chi connectivity index (χ0v) is 13.6. The third-order valence-electron chi connectivity index (χ3n) is 3.47. The molecule has 23 heavy (non-hydrogen) atoms. The van der Waals surface area contributed by atoms with Crippen LogP contribution in [0, 0.1) is 5.41 Å². The van der Waals surface area contributed by atoms with Gasteiger partial charge in [-0.3, -0.25) is 0 Å². The summed E-state index contributed by atoms with van der Waals surface area (Å²) >= 11 is 0. The van der Waals surface area contributed by atoms with Gasteiger partial charge < -0.3 is 15.7 Å². The number of alkyl halides is 3. The molecule has 0 aliphatic carbocycles. The largest absolute Gasteiger partial charge is 0.416 e. The molecule has 128 valence electrons. The van der Waals surface area contributed by atoms with E-state index in [0.717, 1.165) is 12.1 Å². The van der Waals surface area contributed by atoms with Crippen molar-refractivity contribution in [3.05, 3.63) is 54.4 Å². The molecule has 0 bridgehead atoms. The second-order valence-electron chi connectivity index (χ2n) is 6.42. The van der Waals surface area contributed by atoms with Crippen molar-refractivity contribution in [2.75, 3.05) is 6.54 Å². The van der Waals surface area contributed by atoms with E-state index < -0.39 is 17.8 Å². The van der Waals surface area contributed by atoms with Gasteiger partial charge in [-0.15, -0.1) is 0 Å². The predicted octanol–water partition coefficient (Wildman–Crippen LogP) is 3.82. The molecule has 0 fully saturated rings. The quantitative estimate of drug-likeness (QED) is 0.864. The lowest BCUT2D eigenvalue weighted by atomic mass is 9.89. The number of hydrogen-bond acceptors (Lipinski definition) is 3. The van der Waals surface area contributed by atoms with Gasteiger partial charge in [0.1, 0.15) is 0 Å².